The number of rotatable bonds is 6. The van der Waals surface area contributed by atoms with Crippen molar-refractivity contribution >= 4 is 6.09 Å². The van der Waals surface area contributed by atoms with Crippen molar-refractivity contribution in [1.82, 2.24) is 10.2 Å². The van der Waals surface area contributed by atoms with Gasteiger partial charge < -0.3 is 19.7 Å². The average molecular weight is 355 g/mol. The lowest BCUT2D eigenvalue weighted by molar-refractivity contribution is 0.0405. The van der Waals surface area contributed by atoms with Gasteiger partial charge in [0.25, 0.3) is 0 Å². The molecule has 1 amide bonds. The summed E-state index contributed by atoms with van der Waals surface area (Å²) >= 11 is 0. The molecular formula is C20H38N2O3. The highest BCUT2D eigenvalue weighted by Gasteiger charge is 2.31. The molecule has 0 spiro atoms. The third-order valence-electron chi connectivity index (χ3n) is 5.26. The van der Waals surface area contributed by atoms with Crippen molar-refractivity contribution in [2.45, 2.75) is 77.9 Å². The maximum absolute atomic E-state index is 12.2. The summed E-state index contributed by atoms with van der Waals surface area (Å²) in [5, 5.41) is 3.15. The Morgan fingerprint density at radius 2 is 1.92 bits per heavy atom. The Bertz CT molecular complexity index is 408. The molecule has 1 N–H and O–H groups in total. The van der Waals surface area contributed by atoms with Crippen LogP contribution in [0.15, 0.2) is 0 Å². The zero-order valence-electron chi connectivity index (χ0n) is 16.7. The van der Waals surface area contributed by atoms with E-state index in [1.807, 2.05) is 20.8 Å². The number of hydrogen-bond acceptors (Lipinski definition) is 4. The molecule has 3 atom stereocenters. The summed E-state index contributed by atoms with van der Waals surface area (Å²) in [6, 6.07) is 0.246. The SMILES string of the molecule is CCOCC1CCCN(CC2CCCCC2NC(=O)OC(C)(C)C)C1. The molecule has 0 aromatic rings. The summed E-state index contributed by atoms with van der Waals surface area (Å²) in [4.78, 5) is 14.8. The number of alkyl carbamates (subject to hydrolysis) is 1. The maximum Gasteiger partial charge on any atom is 0.407 e. The lowest BCUT2D eigenvalue weighted by Gasteiger charge is -2.39. The highest BCUT2D eigenvalue weighted by atomic mass is 16.6. The lowest BCUT2D eigenvalue weighted by atomic mass is 9.83. The number of ether oxygens (including phenoxy) is 2. The van der Waals surface area contributed by atoms with Crippen molar-refractivity contribution in [3.8, 4) is 0 Å². The van der Waals surface area contributed by atoms with Crippen molar-refractivity contribution < 1.29 is 14.3 Å². The van der Waals surface area contributed by atoms with E-state index in [2.05, 4.69) is 17.1 Å². The van der Waals surface area contributed by atoms with Crippen LogP contribution < -0.4 is 5.32 Å². The third kappa shape index (κ3) is 7.53. The van der Waals surface area contributed by atoms with Gasteiger partial charge in [-0.2, -0.15) is 0 Å². The Labute approximate surface area is 153 Å². The Balaban J connectivity index is 1.84. The Morgan fingerprint density at radius 3 is 2.64 bits per heavy atom. The van der Waals surface area contributed by atoms with E-state index < -0.39 is 5.60 Å². The highest BCUT2D eigenvalue weighted by molar-refractivity contribution is 5.68. The van der Waals surface area contributed by atoms with Crippen molar-refractivity contribution in [2.24, 2.45) is 11.8 Å². The number of nitrogens with one attached hydrogen (secondary N) is 1. The van der Waals surface area contributed by atoms with Gasteiger partial charge in [0.05, 0.1) is 6.61 Å². The van der Waals surface area contributed by atoms with Crippen molar-refractivity contribution in [3.05, 3.63) is 0 Å². The maximum atomic E-state index is 12.2. The smallest absolute Gasteiger partial charge is 0.407 e. The minimum absolute atomic E-state index is 0.246. The quantitative estimate of drug-likeness (QED) is 0.788. The summed E-state index contributed by atoms with van der Waals surface area (Å²) in [6.45, 7) is 12.9. The van der Waals surface area contributed by atoms with Gasteiger partial charge in [-0.1, -0.05) is 12.8 Å². The van der Waals surface area contributed by atoms with Crippen LogP contribution in [-0.4, -0.2) is 55.5 Å². The first-order chi connectivity index (χ1) is 11.9. The average Bonchev–Trinajstić information content (AvgIpc) is 2.53. The predicted molar refractivity (Wildman–Crippen MR) is 101 cm³/mol. The van der Waals surface area contributed by atoms with Gasteiger partial charge in [0, 0.05) is 25.7 Å². The number of hydrogen-bond donors (Lipinski definition) is 1. The first kappa shape index (κ1) is 20.5. The van der Waals surface area contributed by atoms with E-state index in [-0.39, 0.29) is 12.1 Å². The van der Waals surface area contributed by atoms with E-state index >= 15 is 0 Å². The van der Waals surface area contributed by atoms with E-state index in [1.54, 1.807) is 0 Å². The molecule has 1 aliphatic carbocycles. The molecular weight excluding hydrogens is 316 g/mol. The van der Waals surface area contributed by atoms with Gasteiger partial charge in [-0.3, -0.25) is 0 Å². The van der Waals surface area contributed by atoms with Gasteiger partial charge in [-0.15, -0.1) is 0 Å². The largest absolute Gasteiger partial charge is 0.444 e. The fourth-order valence-corrected chi connectivity index (χ4v) is 4.14. The zero-order chi connectivity index (χ0) is 18.3. The molecule has 0 aromatic carbocycles. The Hall–Kier alpha value is -0.810. The molecule has 2 fully saturated rings. The van der Waals surface area contributed by atoms with Crippen molar-refractivity contribution in [1.29, 1.82) is 0 Å². The number of carbonyl (C=O) groups is 1. The molecule has 0 radical (unpaired) electrons. The van der Waals surface area contributed by atoms with Crippen LogP contribution >= 0.6 is 0 Å². The second-order valence-electron chi connectivity index (χ2n) is 8.72. The summed E-state index contributed by atoms with van der Waals surface area (Å²) < 4.78 is 11.1. The number of carbonyl (C=O) groups excluding carboxylic acids is 1. The van der Waals surface area contributed by atoms with E-state index in [0.717, 1.165) is 32.7 Å². The van der Waals surface area contributed by atoms with Gasteiger partial charge in [0.1, 0.15) is 5.60 Å². The topological polar surface area (TPSA) is 50.8 Å². The van der Waals surface area contributed by atoms with Crippen LogP contribution in [0.4, 0.5) is 4.79 Å². The van der Waals surface area contributed by atoms with Gasteiger partial charge >= 0.3 is 6.09 Å². The molecule has 1 heterocycles. The van der Waals surface area contributed by atoms with E-state index in [0.29, 0.717) is 11.8 Å². The van der Waals surface area contributed by atoms with Crippen LogP contribution in [0.5, 0.6) is 0 Å². The highest BCUT2D eigenvalue weighted by Crippen LogP contribution is 2.27. The fraction of sp³-hybridized carbons (Fsp3) is 0.950. The zero-order valence-corrected chi connectivity index (χ0v) is 16.7. The first-order valence-electron chi connectivity index (χ1n) is 10.2. The Kier molecular flexibility index (Phi) is 8.01. The monoisotopic (exact) mass is 354 g/mol. The molecule has 146 valence electrons. The number of likely N-dealkylation sites (tertiary alicyclic amines) is 1. The van der Waals surface area contributed by atoms with Gasteiger partial charge in [0.2, 0.25) is 0 Å². The van der Waals surface area contributed by atoms with Crippen LogP contribution in [0.1, 0.15) is 66.2 Å². The normalized spacial score (nSPS) is 28.6. The van der Waals surface area contributed by atoms with E-state index in [9.17, 15) is 4.79 Å². The second-order valence-corrected chi connectivity index (χ2v) is 8.72. The van der Waals surface area contributed by atoms with Crippen molar-refractivity contribution in [3.63, 3.8) is 0 Å². The lowest BCUT2D eigenvalue weighted by Crippen LogP contribution is -2.49. The summed E-state index contributed by atoms with van der Waals surface area (Å²) in [6.07, 6.45) is 7.01. The van der Waals surface area contributed by atoms with Gasteiger partial charge in [-0.05, 0) is 71.8 Å². The van der Waals surface area contributed by atoms with E-state index in [1.165, 1.54) is 38.6 Å². The molecule has 5 nitrogen and oxygen atoms in total. The van der Waals surface area contributed by atoms with Crippen molar-refractivity contribution in [2.75, 3.05) is 32.8 Å². The van der Waals surface area contributed by atoms with Gasteiger partial charge in [-0.25, -0.2) is 4.79 Å². The summed E-state index contributed by atoms with van der Waals surface area (Å²) in [7, 11) is 0. The molecule has 0 bridgehead atoms. The predicted octanol–water partition coefficient (Wildman–Crippen LogP) is 3.82. The third-order valence-corrected chi connectivity index (χ3v) is 5.26. The molecule has 2 rings (SSSR count). The molecule has 0 aromatic heterocycles. The molecule has 1 aliphatic heterocycles. The van der Waals surface area contributed by atoms with E-state index in [4.69, 9.17) is 9.47 Å². The minimum atomic E-state index is -0.437. The fourth-order valence-electron chi connectivity index (χ4n) is 4.14. The first-order valence-corrected chi connectivity index (χ1v) is 10.2. The molecule has 1 saturated heterocycles. The van der Waals surface area contributed by atoms with Crippen LogP contribution in [0.2, 0.25) is 0 Å². The number of nitrogens with zero attached hydrogens (tertiary/aromatic N) is 1. The number of amides is 1. The molecule has 2 aliphatic rings. The molecule has 25 heavy (non-hydrogen) atoms. The van der Waals surface area contributed by atoms with Gasteiger partial charge in [0.15, 0.2) is 0 Å². The van der Waals surface area contributed by atoms with Crippen LogP contribution in [0.25, 0.3) is 0 Å². The summed E-state index contributed by atoms with van der Waals surface area (Å²) in [5.74, 6) is 1.20. The second kappa shape index (κ2) is 9.77. The summed E-state index contributed by atoms with van der Waals surface area (Å²) in [5.41, 5.74) is -0.437. The standard InChI is InChI=1S/C20H38N2O3/c1-5-24-15-16-9-8-12-22(13-16)14-17-10-6-7-11-18(17)21-19(23)25-20(2,3)4/h16-18H,5-15H2,1-4H3,(H,21,23). The molecule has 3 unspecified atom stereocenters. The van der Waals surface area contributed by atoms with Crippen LogP contribution in [0, 0.1) is 11.8 Å². The minimum Gasteiger partial charge on any atom is -0.444 e. The van der Waals surface area contributed by atoms with Crippen LogP contribution in [0.3, 0.4) is 0 Å². The molecule has 1 saturated carbocycles. The number of piperidine rings is 1. The van der Waals surface area contributed by atoms with Crippen LogP contribution in [-0.2, 0) is 9.47 Å². The molecule has 5 heteroatoms. The Morgan fingerprint density at radius 1 is 1.16 bits per heavy atom.